The van der Waals surface area contributed by atoms with Crippen molar-refractivity contribution < 1.29 is 22.6 Å². The summed E-state index contributed by atoms with van der Waals surface area (Å²) in [7, 11) is -1.64. The molecule has 0 aliphatic carbocycles. The number of fused-ring (bicyclic) bond motifs is 1. The largest absolute Gasteiger partial charge is 0.488 e. The SMILES string of the molecule is COC[C@H](C)Oc1cc(Oc2ccc(S(C)(=O)=O)cc2)cc(-c2cc3cccnc3[nH]2)c1. The molecule has 2 aromatic carbocycles. The van der Waals surface area contributed by atoms with Gasteiger partial charge in [-0.2, -0.15) is 0 Å². The fraction of sp³-hybridized carbons (Fsp3) is 0.208. The van der Waals surface area contributed by atoms with E-state index in [9.17, 15) is 8.42 Å². The zero-order valence-corrected chi connectivity index (χ0v) is 18.8. The van der Waals surface area contributed by atoms with Crippen LogP contribution < -0.4 is 9.47 Å². The van der Waals surface area contributed by atoms with Crippen molar-refractivity contribution in [1.29, 1.82) is 0 Å². The van der Waals surface area contributed by atoms with Crippen molar-refractivity contribution in [3.8, 4) is 28.5 Å². The molecule has 1 N–H and O–H groups in total. The maximum Gasteiger partial charge on any atom is 0.175 e. The first-order valence-electron chi connectivity index (χ1n) is 10.0. The number of pyridine rings is 1. The highest BCUT2D eigenvalue weighted by Gasteiger charge is 2.12. The van der Waals surface area contributed by atoms with E-state index in [4.69, 9.17) is 14.2 Å². The van der Waals surface area contributed by atoms with Crippen LogP contribution in [-0.2, 0) is 14.6 Å². The molecule has 0 aliphatic rings. The van der Waals surface area contributed by atoms with Crippen LogP contribution in [0.15, 0.2) is 71.8 Å². The normalized spacial score (nSPS) is 12.6. The molecule has 0 fully saturated rings. The van der Waals surface area contributed by atoms with Gasteiger partial charge < -0.3 is 19.2 Å². The number of aromatic nitrogens is 2. The molecule has 0 amide bonds. The molecule has 32 heavy (non-hydrogen) atoms. The van der Waals surface area contributed by atoms with Crippen LogP contribution in [0.25, 0.3) is 22.3 Å². The van der Waals surface area contributed by atoms with Gasteiger partial charge in [0.15, 0.2) is 9.84 Å². The summed E-state index contributed by atoms with van der Waals surface area (Å²) in [5, 5.41) is 1.00. The van der Waals surface area contributed by atoms with Crippen LogP contribution in [-0.4, -0.2) is 44.5 Å². The van der Waals surface area contributed by atoms with Crippen molar-refractivity contribution >= 4 is 20.9 Å². The van der Waals surface area contributed by atoms with E-state index in [0.717, 1.165) is 22.3 Å². The molecule has 0 spiro atoms. The zero-order chi connectivity index (χ0) is 22.7. The smallest absolute Gasteiger partial charge is 0.175 e. The zero-order valence-electron chi connectivity index (χ0n) is 18.0. The van der Waals surface area contributed by atoms with Crippen LogP contribution in [0.4, 0.5) is 0 Å². The number of hydrogen-bond acceptors (Lipinski definition) is 6. The summed E-state index contributed by atoms with van der Waals surface area (Å²) in [6.07, 6.45) is 2.76. The lowest BCUT2D eigenvalue weighted by molar-refractivity contribution is 0.0920. The van der Waals surface area contributed by atoms with Gasteiger partial charge >= 0.3 is 0 Å². The Bertz CT molecular complexity index is 1300. The maximum atomic E-state index is 11.7. The monoisotopic (exact) mass is 452 g/mol. The van der Waals surface area contributed by atoms with Gasteiger partial charge in [-0.1, -0.05) is 0 Å². The molecule has 4 aromatic rings. The van der Waals surface area contributed by atoms with Gasteiger partial charge in [0, 0.05) is 42.3 Å². The van der Waals surface area contributed by atoms with E-state index in [1.807, 2.05) is 37.3 Å². The van der Waals surface area contributed by atoms with E-state index in [0.29, 0.717) is 23.9 Å². The van der Waals surface area contributed by atoms with E-state index in [1.54, 1.807) is 31.5 Å². The molecule has 0 saturated carbocycles. The third-order valence-electron chi connectivity index (χ3n) is 4.81. The summed E-state index contributed by atoms with van der Waals surface area (Å²) in [5.41, 5.74) is 2.54. The Morgan fingerprint density at radius 2 is 1.75 bits per heavy atom. The third-order valence-corrected chi connectivity index (χ3v) is 5.94. The highest BCUT2D eigenvalue weighted by molar-refractivity contribution is 7.90. The van der Waals surface area contributed by atoms with Crippen LogP contribution in [0.2, 0.25) is 0 Å². The Kier molecular flexibility index (Phi) is 6.16. The molecule has 0 unspecified atom stereocenters. The summed E-state index contributed by atoms with van der Waals surface area (Å²) in [6, 6.07) is 17.8. The van der Waals surface area contributed by atoms with Crippen molar-refractivity contribution in [3.63, 3.8) is 0 Å². The molecule has 166 valence electrons. The Morgan fingerprint density at radius 1 is 1.00 bits per heavy atom. The first-order chi connectivity index (χ1) is 15.3. The van der Waals surface area contributed by atoms with Crippen molar-refractivity contribution in [2.45, 2.75) is 17.9 Å². The van der Waals surface area contributed by atoms with E-state index in [2.05, 4.69) is 9.97 Å². The number of nitrogens with zero attached hydrogens (tertiary/aromatic N) is 1. The third kappa shape index (κ3) is 5.09. The Labute approximate surface area is 186 Å². The fourth-order valence-corrected chi connectivity index (χ4v) is 3.99. The number of sulfone groups is 1. The first-order valence-corrected chi connectivity index (χ1v) is 11.9. The predicted molar refractivity (Wildman–Crippen MR) is 123 cm³/mol. The van der Waals surface area contributed by atoms with Crippen LogP contribution in [0.5, 0.6) is 17.2 Å². The topological polar surface area (TPSA) is 90.5 Å². The van der Waals surface area contributed by atoms with E-state index < -0.39 is 9.84 Å². The molecule has 7 nitrogen and oxygen atoms in total. The number of nitrogens with one attached hydrogen (secondary N) is 1. The number of rotatable bonds is 8. The van der Waals surface area contributed by atoms with Crippen LogP contribution in [0, 0.1) is 0 Å². The lowest BCUT2D eigenvalue weighted by Crippen LogP contribution is -2.17. The minimum absolute atomic E-state index is 0.151. The Balaban J connectivity index is 1.69. The predicted octanol–water partition coefficient (Wildman–Crippen LogP) is 4.84. The van der Waals surface area contributed by atoms with E-state index >= 15 is 0 Å². The summed E-state index contributed by atoms with van der Waals surface area (Å²) in [5.74, 6) is 1.70. The first kappa shape index (κ1) is 21.9. The number of benzene rings is 2. The highest BCUT2D eigenvalue weighted by atomic mass is 32.2. The van der Waals surface area contributed by atoms with Crippen LogP contribution >= 0.6 is 0 Å². The van der Waals surface area contributed by atoms with Crippen LogP contribution in [0.1, 0.15) is 6.92 Å². The van der Waals surface area contributed by atoms with Crippen LogP contribution in [0.3, 0.4) is 0 Å². The maximum absolute atomic E-state index is 11.7. The molecule has 0 radical (unpaired) electrons. The van der Waals surface area contributed by atoms with Gasteiger partial charge in [-0.3, -0.25) is 0 Å². The van der Waals surface area contributed by atoms with Gasteiger partial charge in [0.25, 0.3) is 0 Å². The summed E-state index contributed by atoms with van der Waals surface area (Å²) in [4.78, 5) is 7.91. The van der Waals surface area contributed by atoms with Gasteiger partial charge in [0.1, 0.15) is 29.0 Å². The molecule has 0 saturated heterocycles. The van der Waals surface area contributed by atoms with E-state index in [-0.39, 0.29) is 11.0 Å². The second-order valence-electron chi connectivity index (χ2n) is 7.55. The Morgan fingerprint density at radius 3 is 2.44 bits per heavy atom. The van der Waals surface area contributed by atoms with Crippen molar-refractivity contribution in [2.75, 3.05) is 20.0 Å². The fourth-order valence-electron chi connectivity index (χ4n) is 3.36. The number of ether oxygens (including phenoxy) is 3. The molecule has 4 rings (SSSR count). The lowest BCUT2D eigenvalue weighted by Gasteiger charge is -2.16. The quantitative estimate of drug-likeness (QED) is 0.411. The number of hydrogen-bond donors (Lipinski definition) is 1. The second kappa shape index (κ2) is 9.02. The van der Waals surface area contributed by atoms with Gasteiger partial charge in [-0.15, -0.1) is 0 Å². The summed E-state index contributed by atoms with van der Waals surface area (Å²) >= 11 is 0. The molecule has 2 heterocycles. The standard InChI is InChI=1S/C24H24N2O5S/c1-16(15-29-2)30-20-11-18(23-13-17-5-4-10-25-24(17)26-23)12-21(14-20)31-19-6-8-22(9-7-19)32(3,27)28/h4-14,16H,15H2,1-3H3,(H,25,26)/t16-/m0/s1. The molecule has 0 aliphatic heterocycles. The molecular formula is C24H24N2O5S. The van der Waals surface area contributed by atoms with Crippen molar-refractivity contribution in [1.82, 2.24) is 9.97 Å². The van der Waals surface area contributed by atoms with Crippen molar-refractivity contribution in [3.05, 3.63) is 66.9 Å². The lowest BCUT2D eigenvalue weighted by atomic mass is 10.1. The molecular weight excluding hydrogens is 428 g/mol. The average Bonchev–Trinajstić information content (AvgIpc) is 3.18. The minimum atomic E-state index is -3.27. The Hall–Kier alpha value is -3.36. The van der Waals surface area contributed by atoms with Crippen molar-refractivity contribution in [2.24, 2.45) is 0 Å². The molecule has 1 atom stereocenters. The minimum Gasteiger partial charge on any atom is -0.488 e. The number of H-pyrrole nitrogens is 1. The van der Waals surface area contributed by atoms with Gasteiger partial charge in [-0.25, -0.2) is 13.4 Å². The van der Waals surface area contributed by atoms with E-state index in [1.165, 1.54) is 18.4 Å². The van der Waals surface area contributed by atoms with Gasteiger partial charge in [-0.05, 0) is 61.5 Å². The second-order valence-corrected chi connectivity index (χ2v) is 9.56. The summed E-state index contributed by atoms with van der Waals surface area (Å²) in [6.45, 7) is 2.37. The number of aromatic amines is 1. The highest BCUT2D eigenvalue weighted by Crippen LogP contribution is 2.34. The number of methoxy groups -OCH3 is 1. The van der Waals surface area contributed by atoms with Gasteiger partial charge in [0.2, 0.25) is 0 Å². The molecule has 0 bridgehead atoms. The molecule has 2 aromatic heterocycles. The average molecular weight is 453 g/mol. The summed E-state index contributed by atoms with van der Waals surface area (Å²) < 4.78 is 40.6. The van der Waals surface area contributed by atoms with Gasteiger partial charge in [0.05, 0.1) is 11.5 Å². The molecule has 8 heteroatoms.